The summed E-state index contributed by atoms with van der Waals surface area (Å²) < 4.78 is 5.50. The molecule has 8 nitrogen and oxygen atoms in total. The topological polar surface area (TPSA) is 111 Å². The van der Waals surface area contributed by atoms with E-state index in [2.05, 4.69) is 15.5 Å². The van der Waals surface area contributed by atoms with Gasteiger partial charge in [-0.3, -0.25) is 14.9 Å². The molecule has 0 saturated carbocycles. The Balaban J connectivity index is 1.63. The van der Waals surface area contributed by atoms with E-state index >= 15 is 0 Å². The lowest BCUT2D eigenvalue weighted by Gasteiger charge is -2.05. The predicted molar refractivity (Wildman–Crippen MR) is 102 cm³/mol. The van der Waals surface area contributed by atoms with E-state index in [1.807, 2.05) is 0 Å². The molecule has 0 fully saturated rings. The molecule has 0 radical (unpaired) electrons. The molecule has 2 aromatic carbocycles. The zero-order chi connectivity index (χ0) is 19.4. The summed E-state index contributed by atoms with van der Waals surface area (Å²) in [5, 5.41) is 22.2. The molecule has 1 amide bonds. The van der Waals surface area contributed by atoms with Crippen LogP contribution in [0.1, 0.15) is 5.56 Å². The van der Waals surface area contributed by atoms with Crippen LogP contribution in [-0.4, -0.2) is 26.8 Å². The molecule has 0 aliphatic rings. The fraction of sp³-hybridized carbons (Fsp3) is 0.118. The summed E-state index contributed by atoms with van der Waals surface area (Å²) in [6.45, 7) is 1.74. The Morgan fingerprint density at radius 1 is 1.30 bits per heavy atom. The largest absolute Gasteiger partial charge is 0.411 e. The molecule has 0 aliphatic carbocycles. The average molecular weight is 405 g/mol. The van der Waals surface area contributed by atoms with Gasteiger partial charge in [0.1, 0.15) is 5.69 Å². The van der Waals surface area contributed by atoms with E-state index in [1.54, 1.807) is 37.3 Å². The normalized spacial score (nSPS) is 10.6. The Bertz CT molecular complexity index is 1010. The summed E-state index contributed by atoms with van der Waals surface area (Å²) in [5.74, 6) is -0.175. The van der Waals surface area contributed by atoms with Gasteiger partial charge in [-0.1, -0.05) is 35.5 Å². The maximum Gasteiger partial charge on any atom is 0.293 e. The molecule has 0 spiro atoms. The molecule has 0 atom stereocenters. The lowest BCUT2D eigenvalue weighted by molar-refractivity contribution is -0.384. The van der Waals surface area contributed by atoms with Crippen LogP contribution in [0.5, 0.6) is 0 Å². The molecular weight excluding hydrogens is 392 g/mol. The number of aromatic nitrogens is 2. The highest BCUT2D eigenvalue weighted by molar-refractivity contribution is 7.99. The van der Waals surface area contributed by atoms with Gasteiger partial charge >= 0.3 is 0 Å². The van der Waals surface area contributed by atoms with Crippen LogP contribution in [0.25, 0.3) is 11.5 Å². The molecular formula is C17H13ClN4O4S. The van der Waals surface area contributed by atoms with Gasteiger partial charge < -0.3 is 9.73 Å². The van der Waals surface area contributed by atoms with Crippen molar-refractivity contribution in [2.45, 2.75) is 12.1 Å². The smallest absolute Gasteiger partial charge is 0.293 e. The molecule has 1 N–H and O–H groups in total. The first-order valence-corrected chi connectivity index (χ1v) is 9.06. The minimum Gasteiger partial charge on any atom is -0.411 e. The van der Waals surface area contributed by atoms with Crippen LogP contribution >= 0.6 is 23.4 Å². The predicted octanol–water partition coefficient (Wildman–Crippen LogP) is 4.34. The maximum absolute atomic E-state index is 12.1. The zero-order valence-corrected chi connectivity index (χ0v) is 15.6. The van der Waals surface area contributed by atoms with E-state index in [-0.39, 0.29) is 28.2 Å². The zero-order valence-electron chi connectivity index (χ0n) is 14.0. The van der Waals surface area contributed by atoms with Crippen molar-refractivity contribution in [3.8, 4) is 11.5 Å². The second-order valence-electron chi connectivity index (χ2n) is 5.50. The molecule has 0 saturated heterocycles. The second-order valence-corrected chi connectivity index (χ2v) is 6.86. The van der Waals surface area contributed by atoms with Crippen LogP contribution in [0, 0.1) is 17.0 Å². The number of benzene rings is 2. The molecule has 0 unspecified atom stereocenters. The van der Waals surface area contributed by atoms with Crippen LogP contribution in [-0.2, 0) is 4.79 Å². The third-order valence-corrected chi connectivity index (χ3v) is 4.48. The van der Waals surface area contributed by atoms with Crippen LogP contribution in [0.3, 0.4) is 0 Å². The highest BCUT2D eigenvalue weighted by Gasteiger charge is 2.17. The molecule has 3 rings (SSSR count). The molecule has 27 heavy (non-hydrogen) atoms. The SMILES string of the molecule is Cc1ccc(NC(=O)CSc2nnc(-c3cccc(Cl)c3)o2)c([N+](=O)[O-])c1. The number of halogens is 1. The van der Waals surface area contributed by atoms with Crippen molar-refractivity contribution < 1.29 is 14.1 Å². The highest BCUT2D eigenvalue weighted by Crippen LogP contribution is 2.27. The third-order valence-electron chi connectivity index (χ3n) is 3.43. The number of nitro groups is 1. The first kappa shape index (κ1) is 18.9. The van der Waals surface area contributed by atoms with Gasteiger partial charge in [0.2, 0.25) is 11.8 Å². The fourth-order valence-corrected chi connectivity index (χ4v) is 2.97. The van der Waals surface area contributed by atoms with Crippen LogP contribution in [0.2, 0.25) is 5.02 Å². The molecule has 3 aromatic rings. The molecule has 138 valence electrons. The third kappa shape index (κ3) is 4.83. The summed E-state index contributed by atoms with van der Waals surface area (Å²) in [6.07, 6.45) is 0. The minimum atomic E-state index is -0.537. The molecule has 0 bridgehead atoms. The van der Waals surface area contributed by atoms with Crippen molar-refractivity contribution in [3.63, 3.8) is 0 Å². The number of amides is 1. The number of nitrogens with one attached hydrogen (secondary N) is 1. The minimum absolute atomic E-state index is 0.0395. The molecule has 1 aromatic heterocycles. The van der Waals surface area contributed by atoms with Crippen molar-refractivity contribution in [1.82, 2.24) is 10.2 Å². The van der Waals surface area contributed by atoms with Crippen molar-refractivity contribution >= 4 is 40.6 Å². The quantitative estimate of drug-likeness (QED) is 0.369. The van der Waals surface area contributed by atoms with Gasteiger partial charge in [-0.2, -0.15) is 0 Å². The van der Waals surface area contributed by atoms with E-state index < -0.39 is 10.8 Å². The number of carbonyl (C=O) groups is 1. The standard InChI is InChI=1S/C17H13ClN4O4S/c1-10-5-6-13(14(7-10)22(24)25)19-15(23)9-27-17-21-20-16(26-17)11-3-2-4-12(18)8-11/h2-8H,9H2,1H3,(H,19,23). The second kappa shape index (κ2) is 8.19. The van der Waals surface area contributed by atoms with Gasteiger partial charge in [-0.15, -0.1) is 10.2 Å². The number of thioether (sulfide) groups is 1. The lowest BCUT2D eigenvalue weighted by Crippen LogP contribution is -2.15. The van der Waals surface area contributed by atoms with E-state index in [4.69, 9.17) is 16.0 Å². The lowest BCUT2D eigenvalue weighted by atomic mass is 10.2. The van der Waals surface area contributed by atoms with Crippen molar-refractivity contribution in [3.05, 3.63) is 63.2 Å². The highest BCUT2D eigenvalue weighted by atomic mass is 35.5. The fourth-order valence-electron chi connectivity index (χ4n) is 2.22. The Hall–Kier alpha value is -2.91. The summed E-state index contributed by atoms with van der Waals surface area (Å²) >= 11 is 6.96. The van der Waals surface area contributed by atoms with Crippen molar-refractivity contribution in [2.24, 2.45) is 0 Å². The number of nitrogens with zero attached hydrogens (tertiary/aromatic N) is 3. The van der Waals surface area contributed by atoms with Gasteiger partial charge in [-0.25, -0.2) is 0 Å². The van der Waals surface area contributed by atoms with E-state index in [1.165, 1.54) is 12.1 Å². The Labute approximate surface area is 163 Å². The Morgan fingerprint density at radius 3 is 2.85 bits per heavy atom. The Kier molecular flexibility index (Phi) is 5.72. The first-order chi connectivity index (χ1) is 12.9. The van der Waals surface area contributed by atoms with Gasteiger partial charge in [0.05, 0.1) is 10.7 Å². The summed E-state index contributed by atoms with van der Waals surface area (Å²) in [7, 11) is 0. The van der Waals surface area contributed by atoms with Crippen LogP contribution in [0.4, 0.5) is 11.4 Å². The number of aryl methyl sites for hydroxylation is 1. The molecule has 1 heterocycles. The average Bonchev–Trinajstić information content (AvgIpc) is 3.10. The summed E-state index contributed by atoms with van der Waals surface area (Å²) in [4.78, 5) is 22.7. The first-order valence-electron chi connectivity index (χ1n) is 7.69. The van der Waals surface area contributed by atoms with E-state index in [0.717, 1.165) is 17.3 Å². The number of rotatable bonds is 6. The number of hydrogen-bond donors (Lipinski definition) is 1. The summed E-state index contributed by atoms with van der Waals surface area (Å²) in [5.41, 5.74) is 1.38. The molecule has 0 aliphatic heterocycles. The van der Waals surface area contributed by atoms with Gasteiger partial charge in [0.15, 0.2) is 0 Å². The maximum atomic E-state index is 12.1. The van der Waals surface area contributed by atoms with Gasteiger partial charge in [0, 0.05) is 16.7 Å². The van der Waals surface area contributed by atoms with E-state index in [0.29, 0.717) is 10.6 Å². The van der Waals surface area contributed by atoms with Crippen molar-refractivity contribution in [2.75, 3.05) is 11.1 Å². The summed E-state index contributed by atoms with van der Waals surface area (Å²) in [6, 6.07) is 11.5. The Morgan fingerprint density at radius 2 is 2.11 bits per heavy atom. The monoisotopic (exact) mass is 404 g/mol. The van der Waals surface area contributed by atoms with Crippen LogP contribution in [0.15, 0.2) is 52.1 Å². The van der Waals surface area contributed by atoms with Gasteiger partial charge in [0.25, 0.3) is 10.9 Å². The molecule has 10 heteroatoms. The number of nitro benzene ring substituents is 1. The number of hydrogen-bond acceptors (Lipinski definition) is 7. The number of anilines is 1. The van der Waals surface area contributed by atoms with E-state index in [9.17, 15) is 14.9 Å². The van der Waals surface area contributed by atoms with Gasteiger partial charge in [-0.05, 0) is 36.8 Å². The van der Waals surface area contributed by atoms with Crippen LogP contribution < -0.4 is 5.32 Å². The number of carbonyl (C=O) groups excluding carboxylic acids is 1. The van der Waals surface area contributed by atoms with Crippen molar-refractivity contribution in [1.29, 1.82) is 0 Å².